The molecule has 0 aromatic rings. The van der Waals surface area contributed by atoms with Gasteiger partial charge in [0.15, 0.2) is 5.17 Å². The number of hydrogen-bond donors (Lipinski definition) is 1. The minimum Gasteiger partial charge on any atom is -0.353 e. The van der Waals surface area contributed by atoms with Crippen molar-refractivity contribution in [3.8, 4) is 0 Å². The van der Waals surface area contributed by atoms with Crippen LogP contribution < -0.4 is 5.32 Å². The van der Waals surface area contributed by atoms with Crippen LogP contribution in [0.1, 0.15) is 13.8 Å². The third-order valence-electron chi connectivity index (χ3n) is 1.96. The van der Waals surface area contributed by atoms with Crippen molar-refractivity contribution in [1.29, 1.82) is 0 Å². The highest BCUT2D eigenvalue weighted by atomic mass is 32.2. The molecule has 1 amide bonds. The van der Waals surface area contributed by atoms with Crippen LogP contribution in [0.25, 0.3) is 0 Å². The summed E-state index contributed by atoms with van der Waals surface area (Å²) in [4.78, 5) is 17.4. The lowest BCUT2D eigenvalue weighted by atomic mass is 10.3. The number of aliphatic imine (C=N–C) groups is 1. The zero-order chi connectivity index (χ0) is 10.7. The molecule has 2 atom stereocenters. The van der Waals surface area contributed by atoms with Gasteiger partial charge >= 0.3 is 0 Å². The van der Waals surface area contributed by atoms with Crippen LogP contribution in [0.5, 0.6) is 0 Å². The quantitative estimate of drug-likeness (QED) is 0.731. The highest BCUT2D eigenvalue weighted by Gasteiger charge is 2.20. The van der Waals surface area contributed by atoms with Gasteiger partial charge in [-0.2, -0.15) is 0 Å². The molecule has 0 bridgehead atoms. The van der Waals surface area contributed by atoms with Crippen molar-refractivity contribution >= 4 is 22.8 Å². The Morgan fingerprint density at radius 1 is 1.71 bits per heavy atom. The predicted octanol–water partition coefficient (Wildman–Crippen LogP) is 0.544. The van der Waals surface area contributed by atoms with E-state index in [1.807, 2.05) is 6.92 Å². The Kier molecular flexibility index (Phi) is 3.80. The molecule has 0 radical (unpaired) electrons. The summed E-state index contributed by atoms with van der Waals surface area (Å²) < 4.78 is 0. The maximum Gasteiger partial charge on any atom is 0.244 e. The van der Waals surface area contributed by atoms with E-state index in [0.717, 1.165) is 11.7 Å². The van der Waals surface area contributed by atoms with Crippen LogP contribution in [0.3, 0.4) is 0 Å². The fraction of sp³-hybridized carbons (Fsp3) is 0.778. The lowest BCUT2D eigenvalue weighted by Crippen LogP contribution is -2.43. The molecule has 5 heteroatoms. The molecule has 0 saturated heterocycles. The Balaban J connectivity index is 2.41. The van der Waals surface area contributed by atoms with Gasteiger partial charge in [0.2, 0.25) is 5.91 Å². The summed E-state index contributed by atoms with van der Waals surface area (Å²) in [5.41, 5.74) is 0. The van der Waals surface area contributed by atoms with Gasteiger partial charge in [0, 0.05) is 19.3 Å². The van der Waals surface area contributed by atoms with Crippen molar-refractivity contribution < 1.29 is 4.79 Å². The summed E-state index contributed by atoms with van der Waals surface area (Å²) in [5, 5.41) is 4.53. The van der Waals surface area contributed by atoms with Crippen molar-refractivity contribution in [2.45, 2.75) is 25.1 Å². The second-order valence-electron chi connectivity index (χ2n) is 3.67. The molecule has 0 aliphatic carbocycles. The molecule has 0 spiro atoms. The second kappa shape index (κ2) is 4.68. The summed E-state index contributed by atoms with van der Waals surface area (Å²) in [6, 6.07) is -0.193. The summed E-state index contributed by atoms with van der Waals surface area (Å²) in [7, 11) is 3.51. The molecule has 1 heterocycles. The third kappa shape index (κ3) is 2.90. The van der Waals surface area contributed by atoms with E-state index in [1.54, 1.807) is 30.8 Å². The molecule has 1 N–H and O–H groups in total. The summed E-state index contributed by atoms with van der Waals surface area (Å²) in [6.45, 7) is 4.82. The van der Waals surface area contributed by atoms with Crippen LogP contribution in [-0.4, -0.2) is 47.9 Å². The van der Waals surface area contributed by atoms with Crippen LogP contribution in [0.2, 0.25) is 0 Å². The van der Waals surface area contributed by atoms with E-state index in [2.05, 4.69) is 17.2 Å². The molecule has 0 saturated carbocycles. The molecule has 1 aliphatic rings. The SMILES string of the molecule is CC1CN=C(NC(C)C(=O)N(C)C)S1. The van der Waals surface area contributed by atoms with Crippen molar-refractivity contribution in [3.05, 3.63) is 0 Å². The van der Waals surface area contributed by atoms with E-state index in [0.29, 0.717) is 5.25 Å². The van der Waals surface area contributed by atoms with Crippen molar-refractivity contribution in [2.24, 2.45) is 4.99 Å². The van der Waals surface area contributed by atoms with Gasteiger partial charge in [-0.15, -0.1) is 0 Å². The van der Waals surface area contributed by atoms with Crippen LogP contribution in [0.15, 0.2) is 4.99 Å². The molecule has 14 heavy (non-hydrogen) atoms. The molecule has 1 aliphatic heterocycles. The zero-order valence-corrected chi connectivity index (χ0v) is 9.89. The number of nitrogens with one attached hydrogen (secondary N) is 1. The van der Waals surface area contributed by atoms with Gasteiger partial charge in [-0.05, 0) is 6.92 Å². The van der Waals surface area contributed by atoms with Crippen LogP contribution in [0.4, 0.5) is 0 Å². The number of carbonyl (C=O) groups excluding carboxylic acids is 1. The first-order valence-electron chi connectivity index (χ1n) is 4.69. The largest absolute Gasteiger partial charge is 0.353 e. The van der Waals surface area contributed by atoms with Crippen LogP contribution >= 0.6 is 11.8 Å². The van der Waals surface area contributed by atoms with Gasteiger partial charge in [0.05, 0.1) is 6.54 Å². The van der Waals surface area contributed by atoms with E-state index >= 15 is 0 Å². The summed E-state index contributed by atoms with van der Waals surface area (Å²) in [5.74, 6) is 0.0767. The Morgan fingerprint density at radius 2 is 2.36 bits per heavy atom. The number of carbonyl (C=O) groups is 1. The number of hydrogen-bond acceptors (Lipinski definition) is 4. The van der Waals surface area contributed by atoms with Gasteiger partial charge < -0.3 is 10.2 Å². The van der Waals surface area contributed by atoms with E-state index in [-0.39, 0.29) is 11.9 Å². The van der Waals surface area contributed by atoms with E-state index < -0.39 is 0 Å². The lowest BCUT2D eigenvalue weighted by Gasteiger charge is -2.18. The maximum absolute atomic E-state index is 11.5. The van der Waals surface area contributed by atoms with E-state index in [1.165, 1.54) is 0 Å². The molecule has 80 valence electrons. The van der Waals surface area contributed by atoms with Crippen molar-refractivity contribution in [1.82, 2.24) is 10.2 Å². The number of thioether (sulfide) groups is 1. The van der Waals surface area contributed by atoms with Crippen molar-refractivity contribution in [3.63, 3.8) is 0 Å². The average Bonchev–Trinajstić information content (AvgIpc) is 2.49. The molecule has 1 rings (SSSR count). The number of rotatable bonds is 2. The molecule has 4 nitrogen and oxygen atoms in total. The standard InChI is InChI=1S/C9H17N3OS/c1-6-5-10-9(14-6)11-7(2)8(13)12(3)4/h6-7H,5H2,1-4H3,(H,10,11). The first-order valence-corrected chi connectivity index (χ1v) is 5.57. The van der Waals surface area contributed by atoms with Crippen LogP contribution in [-0.2, 0) is 4.79 Å². The Labute approximate surface area is 89.1 Å². The highest BCUT2D eigenvalue weighted by Crippen LogP contribution is 2.18. The monoisotopic (exact) mass is 215 g/mol. The average molecular weight is 215 g/mol. The van der Waals surface area contributed by atoms with Gasteiger partial charge in [-0.25, -0.2) is 0 Å². The fourth-order valence-electron chi connectivity index (χ4n) is 1.19. The number of nitrogens with zero attached hydrogens (tertiary/aromatic N) is 2. The predicted molar refractivity (Wildman–Crippen MR) is 60.6 cm³/mol. The zero-order valence-electron chi connectivity index (χ0n) is 9.07. The van der Waals surface area contributed by atoms with Crippen LogP contribution in [0, 0.1) is 0 Å². The first kappa shape index (κ1) is 11.4. The minimum absolute atomic E-state index is 0.0767. The fourth-order valence-corrected chi connectivity index (χ4v) is 2.11. The Hall–Kier alpha value is -0.710. The topological polar surface area (TPSA) is 44.7 Å². The maximum atomic E-state index is 11.5. The summed E-state index contributed by atoms with van der Waals surface area (Å²) >= 11 is 1.69. The smallest absolute Gasteiger partial charge is 0.244 e. The number of amidine groups is 1. The highest BCUT2D eigenvalue weighted by molar-refractivity contribution is 8.14. The minimum atomic E-state index is -0.193. The van der Waals surface area contributed by atoms with E-state index in [4.69, 9.17) is 0 Å². The number of amides is 1. The molecule has 2 unspecified atom stereocenters. The Bertz CT molecular complexity index is 252. The normalized spacial score (nSPS) is 22.9. The Morgan fingerprint density at radius 3 is 2.79 bits per heavy atom. The van der Waals surface area contributed by atoms with E-state index in [9.17, 15) is 4.79 Å². The second-order valence-corrected chi connectivity index (χ2v) is 5.10. The van der Waals surface area contributed by atoms with Crippen molar-refractivity contribution in [2.75, 3.05) is 20.6 Å². The van der Waals surface area contributed by atoms with Gasteiger partial charge in [0.1, 0.15) is 6.04 Å². The lowest BCUT2D eigenvalue weighted by molar-refractivity contribution is -0.130. The summed E-state index contributed by atoms with van der Waals surface area (Å²) in [6.07, 6.45) is 0. The third-order valence-corrected chi connectivity index (χ3v) is 2.98. The van der Waals surface area contributed by atoms with Gasteiger partial charge in [0.25, 0.3) is 0 Å². The van der Waals surface area contributed by atoms with Gasteiger partial charge in [-0.3, -0.25) is 9.79 Å². The number of likely N-dealkylation sites (N-methyl/N-ethyl adjacent to an activating group) is 1. The molecular formula is C9H17N3OS. The molecule has 0 aromatic heterocycles. The molecule has 0 aromatic carbocycles. The first-order chi connectivity index (χ1) is 6.50. The van der Waals surface area contributed by atoms with Gasteiger partial charge in [-0.1, -0.05) is 18.7 Å². The molecule has 0 fully saturated rings. The molecular weight excluding hydrogens is 198 g/mol.